The fraction of sp³-hybridized carbons (Fsp3) is 0.235. The van der Waals surface area contributed by atoms with E-state index in [1.54, 1.807) is 0 Å². The summed E-state index contributed by atoms with van der Waals surface area (Å²) in [6.07, 6.45) is -4.72. The molecule has 1 atom stereocenters. The van der Waals surface area contributed by atoms with Crippen molar-refractivity contribution in [1.29, 1.82) is 0 Å². The molecule has 0 saturated heterocycles. The molecule has 0 aliphatic rings. The van der Waals surface area contributed by atoms with Crippen LogP contribution in [0.1, 0.15) is 18.1 Å². The van der Waals surface area contributed by atoms with E-state index in [2.05, 4.69) is 10.6 Å². The molecule has 0 aliphatic carbocycles. The highest BCUT2D eigenvalue weighted by atomic mass is 19.4. The minimum atomic E-state index is -4.72. The molecule has 2 aromatic rings. The van der Waals surface area contributed by atoms with Gasteiger partial charge in [-0.1, -0.05) is 12.1 Å². The number of alkyl halides is 3. The maximum Gasteiger partial charge on any atom is 0.416 e. The number of hydrogen-bond acceptors (Lipinski definition) is 4. The van der Waals surface area contributed by atoms with Gasteiger partial charge in [-0.05, 0) is 36.8 Å². The van der Waals surface area contributed by atoms with Gasteiger partial charge in [-0.3, -0.25) is 14.9 Å². The SMILES string of the molecule is C[C@H](Nc1ccc(C(F)(F)F)cc1[N+](=O)[O-])C(=O)NCc1ccc(F)cc1. The molecule has 144 valence electrons. The maximum atomic E-state index is 12.8. The van der Waals surface area contributed by atoms with E-state index in [0.717, 1.165) is 6.07 Å². The highest BCUT2D eigenvalue weighted by molar-refractivity contribution is 5.85. The number of nitrogens with zero attached hydrogens (tertiary/aromatic N) is 1. The lowest BCUT2D eigenvalue weighted by Gasteiger charge is -2.16. The van der Waals surface area contributed by atoms with Crippen LogP contribution < -0.4 is 10.6 Å². The van der Waals surface area contributed by atoms with Gasteiger partial charge in [0.25, 0.3) is 5.69 Å². The zero-order valence-corrected chi connectivity index (χ0v) is 14.0. The Labute approximate surface area is 151 Å². The first-order chi connectivity index (χ1) is 12.6. The third kappa shape index (κ3) is 5.40. The van der Waals surface area contributed by atoms with Crippen LogP contribution >= 0.6 is 0 Å². The van der Waals surface area contributed by atoms with Crippen LogP contribution in [-0.4, -0.2) is 16.9 Å². The number of benzene rings is 2. The standard InChI is InChI=1S/C17H15F4N3O3/c1-10(16(25)22-9-11-2-5-13(18)6-3-11)23-14-7-4-12(17(19,20)21)8-15(14)24(26)27/h2-8,10,23H,9H2,1H3,(H,22,25)/t10-/m0/s1. The highest BCUT2D eigenvalue weighted by Gasteiger charge is 2.33. The summed E-state index contributed by atoms with van der Waals surface area (Å²) in [5, 5.41) is 16.1. The molecule has 0 spiro atoms. The van der Waals surface area contributed by atoms with E-state index >= 15 is 0 Å². The molecule has 1 amide bonds. The van der Waals surface area contributed by atoms with Gasteiger partial charge in [0.15, 0.2) is 0 Å². The number of nitrogens with one attached hydrogen (secondary N) is 2. The van der Waals surface area contributed by atoms with Gasteiger partial charge in [0, 0.05) is 12.6 Å². The first-order valence-corrected chi connectivity index (χ1v) is 7.72. The van der Waals surface area contributed by atoms with Gasteiger partial charge in [-0.2, -0.15) is 13.2 Å². The third-order valence-corrected chi connectivity index (χ3v) is 3.67. The summed E-state index contributed by atoms with van der Waals surface area (Å²) in [5.74, 6) is -0.955. The summed E-state index contributed by atoms with van der Waals surface area (Å²) in [7, 11) is 0. The minimum absolute atomic E-state index is 0.0975. The first-order valence-electron chi connectivity index (χ1n) is 7.72. The van der Waals surface area contributed by atoms with E-state index in [1.807, 2.05) is 0 Å². The molecule has 0 saturated carbocycles. The van der Waals surface area contributed by atoms with Crippen LogP contribution in [0.5, 0.6) is 0 Å². The molecule has 2 N–H and O–H groups in total. The predicted molar refractivity (Wildman–Crippen MR) is 89.4 cm³/mol. The predicted octanol–water partition coefficient (Wildman–Crippen LogP) is 3.87. The second kappa shape index (κ2) is 8.02. The lowest BCUT2D eigenvalue weighted by Crippen LogP contribution is -2.37. The molecule has 2 rings (SSSR count). The quantitative estimate of drug-likeness (QED) is 0.449. The number of rotatable bonds is 6. The van der Waals surface area contributed by atoms with E-state index < -0.39 is 40.1 Å². The Morgan fingerprint density at radius 2 is 1.81 bits per heavy atom. The van der Waals surface area contributed by atoms with Gasteiger partial charge in [0.1, 0.15) is 17.5 Å². The van der Waals surface area contributed by atoms with Crippen molar-refractivity contribution in [2.24, 2.45) is 0 Å². The van der Waals surface area contributed by atoms with Crippen LogP contribution in [0, 0.1) is 15.9 Å². The molecular weight excluding hydrogens is 370 g/mol. The van der Waals surface area contributed by atoms with Crippen LogP contribution in [-0.2, 0) is 17.5 Å². The fourth-order valence-electron chi connectivity index (χ4n) is 2.22. The summed E-state index contributed by atoms with van der Waals surface area (Å²) in [4.78, 5) is 22.2. The van der Waals surface area contributed by atoms with Crippen molar-refractivity contribution in [1.82, 2.24) is 5.32 Å². The number of carbonyl (C=O) groups excluding carboxylic acids is 1. The van der Waals surface area contributed by atoms with Gasteiger partial charge >= 0.3 is 6.18 Å². The van der Waals surface area contributed by atoms with Crippen molar-refractivity contribution in [3.05, 3.63) is 69.5 Å². The average Bonchev–Trinajstić information content (AvgIpc) is 2.60. The zero-order chi connectivity index (χ0) is 20.2. The van der Waals surface area contributed by atoms with Crippen LogP contribution in [0.15, 0.2) is 42.5 Å². The second-order valence-electron chi connectivity index (χ2n) is 5.70. The summed E-state index contributed by atoms with van der Waals surface area (Å²) >= 11 is 0. The lowest BCUT2D eigenvalue weighted by atomic mass is 10.1. The largest absolute Gasteiger partial charge is 0.416 e. The molecule has 10 heteroatoms. The van der Waals surface area contributed by atoms with Gasteiger partial charge in [-0.15, -0.1) is 0 Å². The van der Waals surface area contributed by atoms with Crippen molar-refractivity contribution in [3.63, 3.8) is 0 Å². The van der Waals surface area contributed by atoms with E-state index in [4.69, 9.17) is 0 Å². The number of anilines is 1. The Morgan fingerprint density at radius 1 is 1.19 bits per heavy atom. The topological polar surface area (TPSA) is 84.3 Å². The molecule has 6 nitrogen and oxygen atoms in total. The lowest BCUT2D eigenvalue weighted by molar-refractivity contribution is -0.384. The Hall–Kier alpha value is -3.17. The third-order valence-electron chi connectivity index (χ3n) is 3.67. The number of halogens is 4. The van der Waals surface area contributed by atoms with Gasteiger partial charge in [-0.25, -0.2) is 4.39 Å². The van der Waals surface area contributed by atoms with Crippen molar-refractivity contribution in [2.45, 2.75) is 25.7 Å². The maximum absolute atomic E-state index is 12.8. The number of nitro benzene ring substituents is 1. The van der Waals surface area contributed by atoms with Crippen LogP contribution in [0.2, 0.25) is 0 Å². The monoisotopic (exact) mass is 385 g/mol. The molecule has 27 heavy (non-hydrogen) atoms. The Morgan fingerprint density at radius 3 is 2.37 bits per heavy atom. The Bertz CT molecular complexity index is 838. The van der Waals surface area contributed by atoms with Crippen LogP contribution in [0.25, 0.3) is 0 Å². The van der Waals surface area contributed by atoms with E-state index in [0.29, 0.717) is 17.7 Å². The minimum Gasteiger partial charge on any atom is -0.368 e. The van der Waals surface area contributed by atoms with E-state index in [9.17, 15) is 32.5 Å². The fourth-order valence-corrected chi connectivity index (χ4v) is 2.22. The molecular formula is C17H15F4N3O3. The van der Waals surface area contributed by atoms with Crippen LogP contribution in [0.4, 0.5) is 28.9 Å². The summed E-state index contributed by atoms with van der Waals surface area (Å²) in [5.41, 5.74) is -1.52. The molecule has 0 aromatic heterocycles. The van der Waals surface area contributed by atoms with Crippen molar-refractivity contribution >= 4 is 17.3 Å². The molecule has 0 aliphatic heterocycles. The van der Waals surface area contributed by atoms with Crippen molar-refractivity contribution < 1.29 is 27.3 Å². The Kier molecular flexibility index (Phi) is 5.98. The first kappa shape index (κ1) is 20.1. The second-order valence-corrected chi connectivity index (χ2v) is 5.70. The molecule has 0 unspecified atom stereocenters. The number of amides is 1. The summed E-state index contributed by atoms with van der Waals surface area (Å²) < 4.78 is 51.0. The molecule has 2 aromatic carbocycles. The van der Waals surface area contributed by atoms with Crippen LogP contribution in [0.3, 0.4) is 0 Å². The smallest absolute Gasteiger partial charge is 0.368 e. The average molecular weight is 385 g/mol. The normalized spacial score (nSPS) is 12.3. The summed E-state index contributed by atoms with van der Waals surface area (Å²) in [6, 6.07) is 6.47. The number of carbonyl (C=O) groups is 1. The van der Waals surface area contributed by atoms with E-state index in [-0.39, 0.29) is 12.2 Å². The molecule has 0 radical (unpaired) electrons. The molecule has 0 heterocycles. The molecule has 0 fully saturated rings. The number of hydrogen-bond donors (Lipinski definition) is 2. The van der Waals surface area contributed by atoms with Crippen molar-refractivity contribution in [3.8, 4) is 0 Å². The molecule has 0 bridgehead atoms. The highest BCUT2D eigenvalue weighted by Crippen LogP contribution is 2.35. The zero-order valence-electron chi connectivity index (χ0n) is 14.0. The number of nitro groups is 1. The Balaban J connectivity index is 2.07. The summed E-state index contributed by atoms with van der Waals surface area (Å²) in [6.45, 7) is 1.50. The van der Waals surface area contributed by atoms with E-state index in [1.165, 1.54) is 31.2 Å². The van der Waals surface area contributed by atoms with Gasteiger partial charge in [0.05, 0.1) is 10.5 Å². The van der Waals surface area contributed by atoms with Gasteiger partial charge in [0.2, 0.25) is 5.91 Å². The van der Waals surface area contributed by atoms with Crippen molar-refractivity contribution in [2.75, 3.05) is 5.32 Å². The van der Waals surface area contributed by atoms with Gasteiger partial charge < -0.3 is 10.6 Å².